The van der Waals surface area contributed by atoms with Crippen molar-refractivity contribution in [3.05, 3.63) is 30.1 Å². The molecule has 1 aromatic carbocycles. The lowest BCUT2D eigenvalue weighted by Gasteiger charge is -2.37. The fourth-order valence-corrected chi connectivity index (χ4v) is 3.26. The first-order chi connectivity index (χ1) is 10.7. The van der Waals surface area contributed by atoms with E-state index in [9.17, 15) is 4.79 Å². The molecule has 0 unspecified atom stereocenters. The molecular formula is C16H19N3O3. The maximum absolute atomic E-state index is 12.5. The van der Waals surface area contributed by atoms with Gasteiger partial charge in [0.2, 0.25) is 5.91 Å². The predicted octanol–water partition coefficient (Wildman–Crippen LogP) is 1.47. The van der Waals surface area contributed by atoms with Gasteiger partial charge in [0.1, 0.15) is 0 Å². The number of benzene rings is 1. The molecule has 2 saturated heterocycles. The molecule has 1 amide bonds. The monoisotopic (exact) mass is 301 g/mol. The summed E-state index contributed by atoms with van der Waals surface area (Å²) < 4.78 is 11.4. The highest BCUT2D eigenvalue weighted by Gasteiger charge is 2.40. The van der Waals surface area contributed by atoms with Crippen molar-refractivity contribution < 1.29 is 14.3 Å². The molecule has 2 fully saturated rings. The number of rotatable bonds is 2. The first-order valence-corrected chi connectivity index (χ1v) is 7.72. The molecule has 0 bridgehead atoms. The molecule has 3 heterocycles. The van der Waals surface area contributed by atoms with Gasteiger partial charge in [0, 0.05) is 25.9 Å². The van der Waals surface area contributed by atoms with Crippen molar-refractivity contribution in [2.24, 2.45) is 0 Å². The Bertz CT molecular complexity index is 681. The molecule has 1 spiro atoms. The number of carbonyl (C=O) groups is 1. The molecule has 6 nitrogen and oxygen atoms in total. The topological polar surface area (TPSA) is 67.5 Å². The van der Waals surface area contributed by atoms with Crippen LogP contribution < -0.4 is 0 Å². The molecule has 0 saturated carbocycles. The lowest BCUT2D eigenvalue weighted by atomic mass is 10.0. The summed E-state index contributed by atoms with van der Waals surface area (Å²) >= 11 is 0. The van der Waals surface area contributed by atoms with E-state index in [1.165, 1.54) is 0 Å². The van der Waals surface area contributed by atoms with Gasteiger partial charge in [0.05, 0.1) is 37.0 Å². The molecule has 2 aromatic rings. The first-order valence-electron chi connectivity index (χ1n) is 7.72. The van der Waals surface area contributed by atoms with Crippen molar-refractivity contribution in [3.8, 4) is 0 Å². The highest BCUT2D eigenvalue weighted by Crippen LogP contribution is 2.31. The van der Waals surface area contributed by atoms with Gasteiger partial charge in [-0.15, -0.1) is 0 Å². The minimum Gasteiger partial charge on any atom is -0.347 e. The number of H-pyrrole nitrogens is 1. The third-order valence-electron chi connectivity index (χ3n) is 4.53. The standard InChI is InChI=1S/C16H19N3O3/c20-15(10-12-1-2-13-14(9-12)18-11-17-13)19-5-3-16(4-6-19)21-7-8-22-16/h1-2,9,11H,3-8,10H2,(H,17,18). The Balaban J connectivity index is 1.40. The molecule has 0 radical (unpaired) electrons. The van der Waals surface area contributed by atoms with Crippen molar-refractivity contribution >= 4 is 16.9 Å². The molecular weight excluding hydrogens is 282 g/mol. The normalized spacial score (nSPS) is 20.8. The van der Waals surface area contributed by atoms with E-state index in [1.54, 1.807) is 6.33 Å². The number of aromatic amines is 1. The number of piperidine rings is 1. The molecule has 0 atom stereocenters. The summed E-state index contributed by atoms with van der Waals surface area (Å²) in [5.74, 6) is -0.266. The van der Waals surface area contributed by atoms with Crippen LogP contribution in [0, 0.1) is 0 Å². The minimum atomic E-state index is -0.425. The molecule has 2 aliphatic rings. The third kappa shape index (κ3) is 2.48. The number of hydrogen-bond donors (Lipinski definition) is 1. The number of hydrogen-bond acceptors (Lipinski definition) is 4. The number of nitrogens with one attached hydrogen (secondary N) is 1. The van der Waals surface area contributed by atoms with Gasteiger partial charge >= 0.3 is 0 Å². The molecule has 2 aliphatic heterocycles. The average Bonchev–Trinajstić information content (AvgIpc) is 3.17. The van der Waals surface area contributed by atoms with E-state index in [2.05, 4.69) is 9.97 Å². The van der Waals surface area contributed by atoms with Crippen LogP contribution in [0.5, 0.6) is 0 Å². The quantitative estimate of drug-likeness (QED) is 0.912. The number of imidazole rings is 1. The minimum absolute atomic E-state index is 0.159. The average molecular weight is 301 g/mol. The van der Waals surface area contributed by atoms with E-state index in [1.807, 2.05) is 23.1 Å². The fourth-order valence-electron chi connectivity index (χ4n) is 3.26. The Morgan fingerprint density at radius 1 is 1.27 bits per heavy atom. The summed E-state index contributed by atoms with van der Waals surface area (Å²) in [5, 5.41) is 0. The van der Waals surface area contributed by atoms with Crippen molar-refractivity contribution in [1.29, 1.82) is 0 Å². The number of aromatic nitrogens is 2. The Morgan fingerprint density at radius 3 is 2.82 bits per heavy atom. The van der Waals surface area contributed by atoms with E-state index < -0.39 is 5.79 Å². The van der Waals surface area contributed by atoms with Gasteiger partial charge in [-0.2, -0.15) is 0 Å². The molecule has 6 heteroatoms. The maximum Gasteiger partial charge on any atom is 0.226 e. The molecule has 4 rings (SSSR count). The van der Waals surface area contributed by atoms with Crippen molar-refractivity contribution in [2.45, 2.75) is 25.0 Å². The van der Waals surface area contributed by atoms with Crippen LogP contribution >= 0.6 is 0 Å². The zero-order valence-corrected chi connectivity index (χ0v) is 12.4. The zero-order valence-electron chi connectivity index (χ0n) is 12.4. The first kappa shape index (κ1) is 13.7. The maximum atomic E-state index is 12.5. The highest BCUT2D eigenvalue weighted by molar-refractivity contribution is 5.81. The second kappa shape index (κ2) is 5.37. The van der Waals surface area contributed by atoms with Crippen LogP contribution in [-0.4, -0.2) is 52.9 Å². The predicted molar refractivity (Wildman–Crippen MR) is 80.2 cm³/mol. The molecule has 0 aliphatic carbocycles. The van der Waals surface area contributed by atoms with Gasteiger partial charge < -0.3 is 19.4 Å². The van der Waals surface area contributed by atoms with Crippen molar-refractivity contribution in [3.63, 3.8) is 0 Å². The zero-order chi connectivity index (χ0) is 15.0. The van der Waals surface area contributed by atoms with E-state index >= 15 is 0 Å². The summed E-state index contributed by atoms with van der Waals surface area (Å²) in [6.45, 7) is 2.73. The van der Waals surface area contributed by atoms with Crippen LogP contribution in [0.15, 0.2) is 24.5 Å². The smallest absolute Gasteiger partial charge is 0.226 e. The second-order valence-electron chi connectivity index (χ2n) is 5.92. The number of fused-ring (bicyclic) bond motifs is 1. The lowest BCUT2D eigenvalue weighted by molar-refractivity contribution is -0.187. The Kier molecular flexibility index (Phi) is 3.35. The second-order valence-corrected chi connectivity index (χ2v) is 5.92. The molecule has 1 N–H and O–H groups in total. The van der Waals surface area contributed by atoms with Gasteiger partial charge in [-0.3, -0.25) is 4.79 Å². The van der Waals surface area contributed by atoms with E-state index in [0.717, 1.165) is 29.4 Å². The summed E-state index contributed by atoms with van der Waals surface area (Å²) in [6.07, 6.45) is 3.61. The summed E-state index contributed by atoms with van der Waals surface area (Å²) in [6, 6.07) is 5.91. The van der Waals surface area contributed by atoms with Crippen LogP contribution in [0.3, 0.4) is 0 Å². The Labute approximate surface area is 128 Å². The molecule has 22 heavy (non-hydrogen) atoms. The van der Waals surface area contributed by atoms with Gasteiger partial charge in [-0.25, -0.2) is 4.98 Å². The highest BCUT2D eigenvalue weighted by atomic mass is 16.7. The van der Waals surface area contributed by atoms with Crippen LogP contribution in [-0.2, 0) is 20.7 Å². The van der Waals surface area contributed by atoms with E-state index in [-0.39, 0.29) is 5.91 Å². The van der Waals surface area contributed by atoms with Gasteiger partial charge in [-0.05, 0) is 17.7 Å². The van der Waals surface area contributed by atoms with Crippen LogP contribution in [0.4, 0.5) is 0 Å². The van der Waals surface area contributed by atoms with E-state index in [4.69, 9.17) is 9.47 Å². The van der Waals surface area contributed by atoms with Crippen LogP contribution in [0.2, 0.25) is 0 Å². The molecule has 116 valence electrons. The lowest BCUT2D eigenvalue weighted by Crippen LogP contribution is -2.47. The van der Waals surface area contributed by atoms with Crippen molar-refractivity contribution in [2.75, 3.05) is 26.3 Å². The Hall–Kier alpha value is -1.92. The number of carbonyl (C=O) groups excluding carboxylic acids is 1. The fraction of sp³-hybridized carbons (Fsp3) is 0.500. The number of nitrogens with zero attached hydrogens (tertiary/aromatic N) is 2. The summed E-state index contributed by atoms with van der Waals surface area (Å²) in [5.41, 5.74) is 2.90. The summed E-state index contributed by atoms with van der Waals surface area (Å²) in [4.78, 5) is 21.6. The van der Waals surface area contributed by atoms with Gasteiger partial charge in [0.15, 0.2) is 5.79 Å². The van der Waals surface area contributed by atoms with Crippen LogP contribution in [0.1, 0.15) is 18.4 Å². The van der Waals surface area contributed by atoms with Crippen molar-refractivity contribution in [1.82, 2.24) is 14.9 Å². The van der Waals surface area contributed by atoms with Gasteiger partial charge in [-0.1, -0.05) is 6.07 Å². The SMILES string of the molecule is O=C(Cc1ccc2nc[nH]c2c1)N1CCC2(CC1)OCCO2. The number of ether oxygens (including phenoxy) is 2. The van der Waals surface area contributed by atoms with Gasteiger partial charge in [0.25, 0.3) is 0 Å². The third-order valence-corrected chi connectivity index (χ3v) is 4.53. The largest absolute Gasteiger partial charge is 0.347 e. The molecule has 1 aromatic heterocycles. The number of amides is 1. The summed E-state index contributed by atoms with van der Waals surface area (Å²) in [7, 11) is 0. The van der Waals surface area contributed by atoms with E-state index in [0.29, 0.717) is 32.7 Å². The number of likely N-dealkylation sites (tertiary alicyclic amines) is 1. The Morgan fingerprint density at radius 2 is 2.05 bits per heavy atom. The van der Waals surface area contributed by atoms with Crippen LogP contribution in [0.25, 0.3) is 11.0 Å².